The maximum absolute atomic E-state index is 11.6. The van der Waals surface area contributed by atoms with E-state index in [1.807, 2.05) is 0 Å². The van der Waals surface area contributed by atoms with E-state index >= 15 is 0 Å². The van der Waals surface area contributed by atoms with Crippen LogP contribution < -0.4 is 4.72 Å². The Morgan fingerprint density at radius 2 is 2.36 bits per heavy atom. The summed E-state index contributed by atoms with van der Waals surface area (Å²) < 4.78 is 31.5. The average molecular weight is 219 g/mol. The maximum Gasteiger partial charge on any atom is 0.257 e. The molecule has 0 aromatic carbocycles. The van der Waals surface area contributed by atoms with E-state index in [0.29, 0.717) is 6.61 Å². The summed E-state index contributed by atoms with van der Waals surface area (Å²) in [6, 6.07) is 1.44. The van der Waals surface area contributed by atoms with E-state index in [2.05, 4.69) is 9.82 Å². The first-order chi connectivity index (χ1) is 6.58. The molecule has 1 N–H and O–H groups in total. The van der Waals surface area contributed by atoms with Crippen molar-refractivity contribution in [1.29, 1.82) is 0 Å². The molecule has 0 saturated carbocycles. The van der Waals surface area contributed by atoms with Gasteiger partial charge >= 0.3 is 0 Å². The van der Waals surface area contributed by atoms with Gasteiger partial charge in [0.25, 0.3) is 10.0 Å². The average Bonchev–Trinajstić information content (AvgIpc) is 2.52. The lowest BCUT2D eigenvalue weighted by Gasteiger charge is -2.05. The first-order valence-corrected chi connectivity index (χ1v) is 5.53. The second-order valence-corrected chi connectivity index (χ2v) is 4.40. The summed E-state index contributed by atoms with van der Waals surface area (Å²) in [6.45, 7) is 0.598. The molecule has 80 valence electrons. The molecule has 1 rings (SSSR count). The lowest BCUT2D eigenvalue weighted by atomic mass is 10.7. The summed E-state index contributed by atoms with van der Waals surface area (Å²) >= 11 is 0. The molecule has 0 aliphatic carbocycles. The van der Waals surface area contributed by atoms with Crippen molar-refractivity contribution in [3.63, 3.8) is 0 Å². The summed E-state index contributed by atoms with van der Waals surface area (Å²) in [4.78, 5) is 0. The lowest BCUT2D eigenvalue weighted by molar-refractivity contribution is 0.204. The van der Waals surface area contributed by atoms with Gasteiger partial charge in [0.2, 0.25) is 0 Å². The minimum Gasteiger partial charge on any atom is -0.383 e. The standard InChI is InChI=1S/C7H13N3O3S/c1-10-7(3-4-8-10)14(11,12)9-5-6-13-2/h3-4,9H,5-6H2,1-2H3. The van der Waals surface area contributed by atoms with E-state index in [1.54, 1.807) is 7.05 Å². The Kier molecular flexibility index (Phi) is 3.62. The van der Waals surface area contributed by atoms with Crippen LogP contribution in [-0.2, 0) is 21.8 Å². The van der Waals surface area contributed by atoms with Crippen molar-refractivity contribution in [3.8, 4) is 0 Å². The van der Waals surface area contributed by atoms with Crippen molar-refractivity contribution in [2.24, 2.45) is 7.05 Å². The van der Waals surface area contributed by atoms with Crippen molar-refractivity contribution in [3.05, 3.63) is 12.3 Å². The fourth-order valence-corrected chi connectivity index (χ4v) is 2.11. The highest BCUT2D eigenvalue weighted by Crippen LogP contribution is 2.04. The maximum atomic E-state index is 11.6. The second kappa shape index (κ2) is 4.54. The lowest BCUT2D eigenvalue weighted by Crippen LogP contribution is -2.28. The third kappa shape index (κ3) is 2.53. The van der Waals surface area contributed by atoms with Gasteiger partial charge in [-0.05, 0) is 6.07 Å². The molecule has 0 amide bonds. The Morgan fingerprint density at radius 3 is 2.86 bits per heavy atom. The van der Waals surface area contributed by atoms with E-state index in [1.165, 1.54) is 24.1 Å². The van der Waals surface area contributed by atoms with Crippen LogP contribution in [0.15, 0.2) is 17.3 Å². The molecule has 7 heteroatoms. The molecule has 1 aromatic rings. The van der Waals surface area contributed by atoms with Gasteiger partial charge in [-0.1, -0.05) is 0 Å². The molecule has 0 fully saturated rings. The minimum atomic E-state index is -3.45. The van der Waals surface area contributed by atoms with Gasteiger partial charge in [-0.3, -0.25) is 4.68 Å². The summed E-state index contributed by atoms with van der Waals surface area (Å²) in [6.07, 6.45) is 1.44. The number of aromatic nitrogens is 2. The Labute approximate surface area is 82.9 Å². The van der Waals surface area contributed by atoms with Gasteiger partial charge in [-0.25, -0.2) is 13.1 Å². The zero-order valence-corrected chi connectivity index (χ0v) is 8.91. The molecule has 6 nitrogen and oxygen atoms in total. The SMILES string of the molecule is COCCNS(=O)(=O)c1ccnn1C. The molecule has 0 unspecified atom stereocenters. The van der Waals surface area contributed by atoms with Gasteiger partial charge in [0.1, 0.15) is 0 Å². The number of sulfonamides is 1. The zero-order valence-electron chi connectivity index (χ0n) is 8.10. The normalized spacial score (nSPS) is 11.9. The van der Waals surface area contributed by atoms with Crippen LogP contribution in [0.5, 0.6) is 0 Å². The molecule has 0 saturated heterocycles. The number of ether oxygens (including phenoxy) is 1. The number of aryl methyl sites for hydroxylation is 1. The van der Waals surface area contributed by atoms with Gasteiger partial charge in [-0.15, -0.1) is 0 Å². The molecule has 1 aromatic heterocycles. The highest BCUT2D eigenvalue weighted by atomic mass is 32.2. The molecule has 0 atom stereocenters. The fraction of sp³-hybridized carbons (Fsp3) is 0.571. The van der Waals surface area contributed by atoms with Crippen molar-refractivity contribution in [2.45, 2.75) is 5.03 Å². The summed E-state index contributed by atoms with van der Waals surface area (Å²) in [7, 11) is -0.363. The molecule has 0 bridgehead atoms. The van der Waals surface area contributed by atoms with E-state index in [-0.39, 0.29) is 11.6 Å². The van der Waals surface area contributed by atoms with Crippen LogP contribution in [-0.4, -0.2) is 38.5 Å². The van der Waals surface area contributed by atoms with Gasteiger partial charge in [0, 0.05) is 20.7 Å². The Balaban J connectivity index is 2.72. The number of hydrogen-bond donors (Lipinski definition) is 1. The van der Waals surface area contributed by atoms with Crippen LogP contribution in [0.2, 0.25) is 0 Å². The van der Waals surface area contributed by atoms with Gasteiger partial charge < -0.3 is 4.74 Å². The number of nitrogens with one attached hydrogen (secondary N) is 1. The second-order valence-electron chi connectivity index (χ2n) is 2.68. The fourth-order valence-electron chi connectivity index (χ4n) is 0.977. The Bertz CT molecular complexity index is 385. The van der Waals surface area contributed by atoms with Gasteiger partial charge in [-0.2, -0.15) is 5.10 Å². The molecule has 0 radical (unpaired) electrons. The summed E-state index contributed by atoms with van der Waals surface area (Å²) in [5.74, 6) is 0. The molecule has 0 aliphatic heterocycles. The monoisotopic (exact) mass is 219 g/mol. The summed E-state index contributed by atoms with van der Waals surface area (Å²) in [5, 5.41) is 3.92. The first-order valence-electron chi connectivity index (χ1n) is 4.04. The molecule has 0 aliphatic rings. The molecular weight excluding hydrogens is 206 g/mol. The quantitative estimate of drug-likeness (QED) is 0.667. The molecular formula is C7H13N3O3S. The third-order valence-corrected chi connectivity index (χ3v) is 3.18. The Hall–Kier alpha value is -0.920. The zero-order chi connectivity index (χ0) is 10.6. The topological polar surface area (TPSA) is 73.2 Å². The number of methoxy groups -OCH3 is 1. The van der Waals surface area contributed by atoms with Crippen LogP contribution in [0.4, 0.5) is 0 Å². The number of rotatable bonds is 5. The molecule has 1 heterocycles. The van der Waals surface area contributed by atoms with Gasteiger partial charge in [0.05, 0.1) is 12.8 Å². The predicted molar refractivity (Wildman–Crippen MR) is 50.3 cm³/mol. The third-order valence-electron chi connectivity index (χ3n) is 1.65. The van der Waals surface area contributed by atoms with E-state index in [0.717, 1.165) is 0 Å². The van der Waals surface area contributed by atoms with Crippen molar-refractivity contribution < 1.29 is 13.2 Å². The van der Waals surface area contributed by atoms with Crippen LogP contribution in [0, 0.1) is 0 Å². The van der Waals surface area contributed by atoms with E-state index < -0.39 is 10.0 Å². The van der Waals surface area contributed by atoms with Crippen molar-refractivity contribution in [2.75, 3.05) is 20.3 Å². The van der Waals surface area contributed by atoms with Crippen LogP contribution in [0.25, 0.3) is 0 Å². The minimum absolute atomic E-state index is 0.147. The van der Waals surface area contributed by atoms with Gasteiger partial charge in [0.15, 0.2) is 5.03 Å². The highest BCUT2D eigenvalue weighted by molar-refractivity contribution is 7.89. The van der Waals surface area contributed by atoms with Crippen LogP contribution >= 0.6 is 0 Å². The van der Waals surface area contributed by atoms with Crippen molar-refractivity contribution >= 4 is 10.0 Å². The van der Waals surface area contributed by atoms with Crippen LogP contribution in [0.1, 0.15) is 0 Å². The highest BCUT2D eigenvalue weighted by Gasteiger charge is 2.16. The predicted octanol–water partition coefficient (Wildman–Crippen LogP) is -0.655. The van der Waals surface area contributed by atoms with E-state index in [4.69, 9.17) is 4.74 Å². The Morgan fingerprint density at radius 1 is 1.64 bits per heavy atom. The first kappa shape index (κ1) is 11.2. The molecule has 14 heavy (non-hydrogen) atoms. The van der Waals surface area contributed by atoms with Crippen LogP contribution in [0.3, 0.4) is 0 Å². The van der Waals surface area contributed by atoms with Crippen molar-refractivity contribution in [1.82, 2.24) is 14.5 Å². The number of hydrogen-bond acceptors (Lipinski definition) is 4. The largest absolute Gasteiger partial charge is 0.383 e. The molecule has 0 spiro atoms. The summed E-state index contributed by atoms with van der Waals surface area (Å²) in [5.41, 5.74) is 0. The number of nitrogens with zero attached hydrogens (tertiary/aromatic N) is 2. The van der Waals surface area contributed by atoms with E-state index in [9.17, 15) is 8.42 Å². The smallest absolute Gasteiger partial charge is 0.257 e.